The molecule has 0 unspecified atom stereocenters. The van der Waals surface area contributed by atoms with Gasteiger partial charge in [-0.15, -0.1) is 0 Å². The number of aliphatic carboxylic acids is 1. The maximum Gasteiger partial charge on any atom is 0.328 e. The Bertz CT molecular complexity index is 603. The van der Waals surface area contributed by atoms with Crippen LogP contribution in [-0.4, -0.2) is 11.1 Å². The number of carboxylic acids is 1. The maximum atomic E-state index is 12.8. The third-order valence-electron chi connectivity index (χ3n) is 2.37. The van der Waals surface area contributed by atoms with Crippen molar-refractivity contribution in [1.29, 1.82) is 0 Å². The van der Waals surface area contributed by atoms with E-state index in [2.05, 4.69) is 0 Å². The number of hydrogen-bond donors (Lipinski definition) is 1. The molecule has 0 amide bonds. The highest BCUT2D eigenvalue weighted by Gasteiger charge is 2.02. The highest BCUT2D eigenvalue weighted by molar-refractivity contribution is 5.85. The Morgan fingerprint density at radius 1 is 1.11 bits per heavy atom. The Morgan fingerprint density at radius 2 is 1.79 bits per heavy atom. The smallest absolute Gasteiger partial charge is 0.328 e. The topological polar surface area (TPSA) is 46.5 Å². The number of halogens is 1. The van der Waals surface area contributed by atoms with Gasteiger partial charge in [-0.1, -0.05) is 18.2 Å². The van der Waals surface area contributed by atoms with Gasteiger partial charge in [0.1, 0.15) is 17.3 Å². The van der Waals surface area contributed by atoms with E-state index in [0.717, 1.165) is 6.08 Å². The molecule has 0 aliphatic carbocycles. The van der Waals surface area contributed by atoms with Gasteiger partial charge in [-0.25, -0.2) is 9.18 Å². The molecule has 0 aromatic heterocycles. The predicted octanol–water partition coefficient (Wildman–Crippen LogP) is 3.72. The van der Waals surface area contributed by atoms with Gasteiger partial charge in [-0.2, -0.15) is 0 Å². The van der Waals surface area contributed by atoms with E-state index in [1.165, 1.54) is 30.3 Å². The third kappa shape index (κ3) is 3.67. The summed E-state index contributed by atoms with van der Waals surface area (Å²) in [5, 5.41) is 8.62. The number of benzene rings is 2. The lowest BCUT2D eigenvalue weighted by Gasteiger charge is -2.08. The fourth-order valence-corrected chi connectivity index (χ4v) is 1.50. The van der Waals surface area contributed by atoms with Gasteiger partial charge in [0.25, 0.3) is 0 Å². The second-order valence-electron chi connectivity index (χ2n) is 3.77. The van der Waals surface area contributed by atoms with Crippen LogP contribution in [0.3, 0.4) is 0 Å². The van der Waals surface area contributed by atoms with Gasteiger partial charge in [0.15, 0.2) is 0 Å². The molecular weight excluding hydrogens is 247 g/mol. The molecule has 0 aliphatic heterocycles. The summed E-state index contributed by atoms with van der Waals surface area (Å²) in [6.07, 6.45) is 2.48. The average molecular weight is 258 g/mol. The number of rotatable bonds is 4. The minimum Gasteiger partial charge on any atom is -0.478 e. The molecule has 0 atom stereocenters. The summed E-state index contributed by atoms with van der Waals surface area (Å²) in [5.41, 5.74) is 0.634. The van der Waals surface area contributed by atoms with Crippen molar-refractivity contribution >= 4 is 12.0 Å². The van der Waals surface area contributed by atoms with Crippen LogP contribution in [0.2, 0.25) is 0 Å². The molecule has 2 aromatic rings. The van der Waals surface area contributed by atoms with E-state index in [4.69, 9.17) is 9.84 Å². The van der Waals surface area contributed by atoms with Crippen molar-refractivity contribution in [3.63, 3.8) is 0 Å². The average Bonchev–Trinajstić information content (AvgIpc) is 2.40. The number of ether oxygens (including phenoxy) is 1. The Kier molecular flexibility index (Phi) is 3.93. The van der Waals surface area contributed by atoms with E-state index in [1.807, 2.05) is 0 Å². The van der Waals surface area contributed by atoms with Crippen molar-refractivity contribution in [2.24, 2.45) is 0 Å². The van der Waals surface area contributed by atoms with Crippen LogP contribution in [0.4, 0.5) is 4.39 Å². The number of hydrogen-bond acceptors (Lipinski definition) is 2. The van der Waals surface area contributed by atoms with Crippen LogP contribution < -0.4 is 4.74 Å². The van der Waals surface area contributed by atoms with Gasteiger partial charge in [0.05, 0.1) is 0 Å². The Hall–Kier alpha value is -2.62. The molecule has 0 radical (unpaired) electrons. The highest BCUT2D eigenvalue weighted by atomic mass is 19.1. The molecule has 0 fully saturated rings. The third-order valence-corrected chi connectivity index (χ3v) is 2.37. The van der Waals surface area contributed by atoms with Crippen molar-refractivity contribution in [2.45, 2.75) is 0 Å². The quantitative estimate of drug-likeness (QED) is 0.850. The van der Waals surface area contributed by atoms with Crippen LogP contribution in [0.15, 0.2) is 54.6 Å². The van der Waals surface area contributed by atoms with Crippen molar-refractivity contribution in [3.8, 4) is 11.5 Å². The monoisotopic (exact) mass is 258 g/mol. The van der Waals surface area contributed by atoms with Gasteiger partial charge in [-0.3, -0.25) is 0 Å². The zero-order valence-corrected chi connectivity index (χ0v) is 9.92. The largest absolute Gasteiger partial charge is 0.478 e. The summed E-state index contributed by atoms with van der Waals surface area (Å²) >= 11 is 0. The zero-order chi connectivity index (χ0) is 13.7. The summed E-state index contributed by atoms with van der Waals surface area (Å²) in [6, 6.07) is 12.6. The van der Waals surface area contributed by atoms with E-state index in [0.29, 0.717) is 17.1 Å². The van der Waals surface area contributed by atoms with Crippen LogP contribution in [0, 0.1) is 5.82 Å². The molecule has 2 rings (SSSR count). The summed E-state index contributed by atoms with van der Waals surface area (Å²) in [6.45, 7) is 0. The standard InChI is InChI=1S/C15H11FO3/c16-12-6-8-13(9-7-12)19-14-4-2-1-3-11(14)5-10-15(17)18/h1-10H,(H,17,18). The van der Waals surface area contributed by atoms with Crippen molar-refractivity contribution < 1.29 is 19.0 Å². The molecule has 0 heterocycles. The lowest BCUT2D eigenvalue weighted by Crippen LogP contribution is -1.89. The minimum atomic E-state index is -1.03. The first-order valence-corrected chi connectivity index (χ1v) is 5.58. The molecule has 0 saturated heterocycles. The maximum absolute atomic E-state index is 12.8. The fraction of sp³-hybridized carbons (Fsp3) is 0. The molecule has 3 nitrogen and oxygen atoms in total. The number of carbonyl (C=O) groups is 1. The van der Waals surface area contributed by atoms with Crippen LogP contribution in [-0.2, 0) is 4.79 Å². The Morgan fingerprint density at radius 3 is 2.47 bits per heavy atom. The van der Waals surface area contributed by atoms with Crippen LogP contribution >= 0.6 is 0 Å². The Labute approximate surface area is 109 Å². The second kappa shape index (κ2) is 5.82. The number of para-hydroxylation sites is 1. The molecule has 19 heavy (non-hydrogen) atoms. The van der Waals surface area contributed by atoms with Gasteiger partial charge < -0.3 is 9.84 Å². The first-order valence-electron chi connectivity index (χ1n) is 5.58. The molecule has 0 bridgehead atoms. The minimum absolute atomic E-state index is 0.341. The summed E-state index contributed by atoms with van der Waals surface area (Å²) < 4.78 is 18.4. The normalized spacial score (nSPS) is 10.6. The van der Waals surface area contributed by atoms with Crippen LogP contribution in [0.1, 0.15) is 5.56 Å². The Balaban J connectivity index is 2.24. The van der Waals surface area contributed by atoms with Gasteiger partial charge >= 0.3 is 5.97 Å². The van der Waals surface area contributed by atoms with E-state index in [1.54, 1.807) is 24.3 Å². The highest BCUT2D eigenvalue weighted by Crippen LogP contribution is 2.26. The zero-order valence-electron chi connectivity index (χ0n) is 9.92. The predicted molar refractivity (Wildman–Crippen MR) is 69.6 cm³/mol. The molecule has 0 saturated carbocycles. The molecule has 96 valence electrons. The molecule has 0 aliphatic rings. The lowest BCUT2D eigenvalue weighted by molar-refractivity contribution is -0.131. The van der Waals surface area contributed by atoms with Crippen molar-refractivity contribution in [2.75, 3.05) is 0 Å². The van der Waals surface area contributed by atoms with Crippen LogP contribution in [0.25, 0.3) is 6.08 Å². The van der Waals surface area contributed by atoms with E-state index in [9.17, 15) is 9.18 Å². The van der Waals surface area contributed by atoms with Gasteiger partial charge in [-0.05, 0) is 36.4 Å². The van der Waals surface area contributed by atoms with E-state index >= 15 is 0 Å². The summed E-state index contributed by atoms with van der Waals surface area (Å²) in [4.78, 5) is 10.5. The summed E-state index contributed by atoms with van der Waals surface area (Å²) in [7, 11) is 0. The fourth-order valence-electron chi connectivity index (χ4n) is 1.50. The molecular formula is C15H11FO3. The van der Waals surface area contributed by atoms with Gasteiger partial charge in [0.2, 0.25) is 0 Å². The molecule has 0 spiro atoms. The molecule has 1 N–H and O–H groups in total. The second-order valence-corrected chi connectivity index (χ2v) is 3.77. The lowest BCUT2D eigenvalue weighted by atomic mass is 10.2. The number of carboxylic acid groups (broad SMARTS) is 1. The van der Waals surface area contributed by atoms with Crippen LogP contribution in [0.5, 0.6) is 11.5 Å². The molecule has 4 heteroatoms. The van der Waals surface area contributed by atoms with Crippen molar-refractivity contribution in [1.82, 2.24) is 0 Å². The molecule has 2 aromatic carbocycles. The van der Waals surface area contributed by atoms with Crippen molar-refractivity contribution in [3.05, 3.63) is 66.0 Å². The van der Waals surface area contributed by atoms with Gasteiger partial charge in [0, 0.05) is 11.6 Å². The SMILES string of the molecule is O=C(O)C=Cc1ccccc1Oc1ccc(F)cc1. The van der Waals surface area contributed by atoms with E-state index < -0.39 is 5.97 Å². The first-order chi connectivity index (χ1) is 9.15. The summed E-state index contributed by atoms with van der Waals surface area (Å²) in [5.74, 6) is -0.382. The van der Waals surface area contributed by atoms with E-state index in [-0.39, 0.29) is 5.82 Å². The first kappa shape index (κ1) is 12.8.